The van der Waals surface area contributed by atoms with E-state index in [1.54, 1.807) is 0 Å². The molecule has 0 bridgehead atoms. The van der Waals surface area contributed by atoms with E-state index in [2.05, 4.69) is 6.92 Å². The van der Waals surface area contributed by atoms with Gasteiger partial charge in [0.1, 0.15) is 0 Å². The van der Waals surface area contributed by atoms with Crippen LogP contribution >= 0.6 is 0 Å². The number of aliphatic hydroxyl groups is 1. The maximum absolute atomic E-state index is 8.59. The van der Waals surface area contributed by atoms with Crippen LogP contribution in [-0.2, 0) is 0 Å². The molecular formula is C13H29NaO. The van der Waals surface area contributed by atoms with E-state index in [1.165, 1.54) is 64.2 Å². The van der Waals surface area contributed by atoms with Crippen molar-refractivity contribution in [2.45, 2.75) is 77.6 Å². The molecule has 1 N–H and O–H groups in total. The second-order valence-corrected chi connectivity index (χ2v) is 4.26. The second-order valence-electron chi connectivity index (χ2n) is 4.26. The van der Waals surface area contributed by atoms with Gasteiger partial charge in [-0.2, -0.15) is 0 Å². The summed E-state index contributed by atoms with van der Waals surface area (Å²) in [6, 6.07) is 0. The molecule has 0 aliphatic carbocycles. The molecule has 0 aromatic rings. The van der Waals surface area contributed by atoms with Gasteiger partial charge in [-0.25, -0.2) is 0 Å². The third-order valence-electron chi connectivity index (χ3n) is 2.76. The number of hydrogen-bond donors (Lipinski definition) is 1. The first-order valence-corrected chi connectivity index (χ1v) is 6.52. The standard InChI is InChI=1S/C13H28O.Na.H/c1-2-3-4-5-6-7-8-9-10-11-12-13-14;;/h14H,2-13H2,1H3;;/q;+1;-1. The molecule has 0 aliphatic rings. The first kappa shape index (κ1) is 18.3. The Balaban J connectivity index is -0.000000845. The topological polar surface area (TPSA) is 20.2 Å². The maximum atomic E-state index is 8.59. The first-order chi connectivity index (χ1) is 6.91. The molecule has 15 heavy (non-hydrogen) atoms. The monoisotopic (exact) mass is 224 g/mol. The fourth-order valence-electron chi connectivity index (χ4n) is 1.78. The first-order valence-electron chi connectivity index (χ1n) is 6.52. The van der Waals surface area contributed by atoms with E-state index in [4.69, 9.17) is 5.11 Å². The summed E-state index contributed by atoms with van der Waals surface area (Å²) < 4.78 is 0. The molecule has 0 saturated heterocycles. The van der Waals surface area contributed by atoms with Crippen LogP contribution in [0, 0.1) is 0 Å². The van der Waals surface area contributed by atoms with Crippen molar-refractivity contribution in [3.8, 4) is 0 Å². The quantitative estimate of drug-likeness (QED) is 0.415. The van der Waals surface area contributed by atoms with E-state index in [9.17, 15) is 0 Å². The van der Waals surface area contributed by atoms with Gasteiger partial charge in [0.2, 0.25) is 0 Å². The summed E-state index contributed by atoms with van der Waals surface area (Å²) in [7, 11) is 0. The van der Waals surface area contributed by atoms with Crippen LogP contribution in [0.4, 0.5) is 0 Å². The predicted octanol–water partition coefficient (Wildman–Crippen LogP) is 1.41. The third kappa shape index (κ3) is 17.6. The smallest absolute Gasteiger partial charge is 1.00 e. The van der Waals surface area contributed by atoms with Crippen LogP contribution in [0.15, 0.2) is 0 Å². The van der Waals surface area contributed by atoms with Gasteiger partial charge in [0.15, 0.2) is 0 Å². The molecule has 2 heteroatoms. The molecule has 0 fully saturated rings. The van der Waals surface area contributed by atoms with Crippen LogP contribution in [-0.4, -0.2) is 11.7 Å². The van der Waals surface area contributed by atoms with Gasteiger partial charge in [-0.15, -0.1) is 0 Å². The SMILES string of the molecule is CCCCCCCCCCCCCO.[H-].[Na+]. The van der Waals surface area contributed by atoms with Gasteiger partial charge in [-0.1, -0.05) is 71.1 Å². The Kier molecular flexibility index (Phi) is 21.2. The Morgan fingerprint density at radius 3 is 1.33 bits per heavy atom. The Labute approximate surface area is 120 Å². The summed E-state index contributed by atoms with van der Waals surface area (Å²) in [5.41, 5.74) is 0. The molecule has 0 radical (unpaired) electrons. The van der Waals surface area contributed by atoms with Crippen LogP contribution in [0.25, 0.3) is 0 Å². The largest absolute Gasteiger partial charge is 1.00 e. The number of aliphatic hydroxyl groups excluding tert-OH is 1. The summed E-state index contributed by atoms with van der Waals surface area (Å²) >= 11 is 0. The van der Waals surface area contributed by atoms with Gasteiger partial charge < -0.3 is 6.53 Å². The minimum atomic E-state index is 0. The molecule has 0 amide bonds. The Morgan fingerprint density at radius 2 is 1.00 bits per heavy atom. The molecule has 0 heterocycles. The average Bonchev–Trinajstić information content (AvgIpc) is 2.21. The van der Waals surface area contributed by atoms with Crippen molar-refractivity contribution in [2.24, 2.45) is 0 Å². The maximum Gasteiger partial charge on any atom is 1.00 e. The fourth-order valence-corrected chi connectivity index (χ4v) is 1.78. The number of unbranched alkanes of at least 4 members (excludes halogenated alkanes) is 10. The van der Waals surface area contributed by atoms with Crippen molar-refractivity contribution in [3.05, 3.63) is 0 Å². The van der Waals surface area contributed by atoms with Gasteiger partial charge in [0.05, 0.1) is 0 Å². The van der Waals surface area contributed by atoms with Gasteiger partial charge in [-0.3, -0.25) is 0 Å². The normalized spacial score (nSPS) is 10.0. The summed E-state index contributed by atoms with van der Waals surface area (Å²) in [6.45, 7) is 2.64. The molecule has 0 aliphatic heterocycles. The summed E-state index contributed by atoms with van der Waals surface area (Å²) in [6.07, 6.45) is 14.8. The van der Waals surface area contributed by atoms with Crippen LogP contribution in [0.2, 0.25) is 0 Å². The molecule has 1 nitrogen and oxygen atoms in total. The van der Waals surface area contributed by atoms with E-state index in [-0.39, 0.29) is 31.0 Å². The average molecular weight is 224 g/mol. The molecule has 0 aromatic carbocycles. The van der Waals surface area contributed by atoms with E-state index >= 15 is 0 Å². The van der Waals surface area contributed by atoms with Crippen molar-refractivity contribution >= 4 is 0 Å². The fraction of sp³-hybridized carbons (Fsp3) is 1.00. The minimum absolute atomic E-state index is 0. The zero-order valence-corrected chi connectivity index (χ0v) is 12.9. The molecule has 0 aromatic heterocycles. The molecule has 0 spiro atoms. The van der Waals surface area contributed by atoms with Crippen LogP contribution in [0.1, 0.15) is 79.0 Å². The summed E-state index contributed by atoms with van der Waals surface area (Å²) in [4.78, 5) is 0. The zero-order valence-electron chi connectivity index (χ0n) is 11.9. The van der Waals surface area contributed by atoms with Crippen LogP contribution < -0.4 is 29.6 Å². The van der Waals surface area contributed by atoms with Crippen molar-refractivity contribution in [1.29, 1.82) is 0 Å². The molecule has 0 rings (SSSR count). The second kappa shape index (κ2) is 17.4. The van der Waals surface area contributed by atoms with Gasteiger partial charge in [0, 0.05) is 6.61 Å². The van der Waals surface area contributed by atoms with E-state index < -0.39 is 0 Å². The van der Waals surface area contributed by atoms with Gasteiger partial charge in [0.25, 0.3) is 0 Å². The molecule has 0 saturated carbocycles. The van der Waals surface area contributed by atoms with Crippen molar-refractivity contribution in [3.63, 3.8) is 0 Å². The summed E-state index contributed by atoms with van der Waals surface area (Å²) in [5, 5.41) is 8.59. The zero-order chi connectivity index (χ0) is 10.5. The van der Waals surface area contributed by atoms with E-state index in [0.29, 0.717) is 6.61 Å². The predicted molar refractivity (Wildman–Crippen MR) is 64.7 cm³/mol. The third-order valence-corrected chi connectivity index (χ3v) is 2.76. The van der Waals surface area contributed by atoms with E-state index in [0.717, 1.165) is 6.42 Å². The summed E-state index contributed by atoms with van der Waals surface area (Å²) in [5.74, 6) is 0. The molecule has 0 unspecified atom stereocenters. The Hall–Kier alpha value is 0.960. The van der Waals surface area contributed by atoms with Crippen molar-refractivity contribution in [2.75, 3.05) is 6.61 Å². The number of rotatable bonds is 11. The molecule has 0 atom stereocenters. The van der Waals surface area contributed by atoms with Gasteiger partial charge >= 0.3 is 29.6 Å². The molecular weight excluding hydrogens is 195 g/mol. The van der Waals surface area contributed by atoms with Gasteiger partial charge in [-0.05, 0) is 6.42 Å². The van der Waals surface area contributed by atoms with Crippen molar-refractivity contribution in [1.82, 2.24) is 0 Å². The number of hydrogen-bond acceptors (Lipinski definition) is 1. The molecule has 88 valence electrons. The van der Waals surface area contributed by atoms with E-state index in [1.807, 2.05) is 0 Å². The van der Waals surface area contributed by atoms with Crippen LogP contribution in [0.5, 0.6) is 0 Å². The van der Waals surface area contributed by atoms with Crippen LogP contribution in [0.3, 0.4) is 0 Å². The Morgan fingerprint density at radius 1 is 0.667 bits per heavy atom. The minimum Gasteiger partial charge on any atom is -1.00 e. The Bertz CT molecular complexity index is 89.9. The van der Waals surface area contributed by atoms with Crippen molar-refractivity contribution < 1.29 is 36.1 Å².